The van der Waals surface area contributed by atoms with Gasteiger partial charge in [0.2, 0.25) is 0 Å². The van der Waals surface area contributed by atoms with Crippen molar-refractivity contribution in [2.45, 2.75) is 13.1 Å². The Balaban J connectivity index is 3.02. The Morgan fingerprint density at radius 2 is 1.90 bits per heavy atom. The summed E-state index contributed by atoms with van der Waals surface area (Å²) in [7, 11) is 0. The van der Waals surface area contributed by atoms with Gasteiger partial charge in [0.15, 0.2) is 0 Å². The SMILES string of the molecule is Cc1ccc(C(=O)N(CC(=O)O)CC(F)(F)F)cc1O. The number of aromatic hydroxyl groups is 1. The maximum atomic E-state index is 12.3. The highest BCUT2D eigenvalue weighted by atomic mass is 19.4. The van der Waals surface area contributed by atoms with Gasteiger partial charge in [0.05, 0.1) is 0 Å². The van der Waals surface area contributed by atoms with Gasteiger partial charge in [-0.25, -0.2) is 0 Å². The fraction of sp³-hybridized carbons (Fsp3) is 0.333. The molecule has 0 radical (unpaired) electrons. The predicted molar refractivity (Wildman–Crippen MR) is 62.4 cm³/mol. The second kappa shape index (κ2) is 5.81. The molecular formula is C12H12F3NO4. The number of halogens is 3. The van der Waals surface area contributed by atoms with E-state index in [1.165, 1.54) is 12.1 Å². The number of hydrogen-bond acceptors (Lipinski definition) is 3. The van der Waals surface area contributed by atoms with Crippen molar-refractivity contribution in [3.05, 3.63) is 29.3 Å². The normalized spacial score (nSPS) is 11.2. The van der Waals surface area contributed by atoms with Crippen LogP contribution < -0.4 is 0 Å². The van der Waals surface area contributed by atoms with Crippen LogP contribution in [0.1, 0.15) is 15.9 Å². The largest absolute Gasteiger partial charge is 0.508 e. The van der Waals surface area contributed by atoms with Gasteiger partial charge in [0, 0.05) is 5.56 Å². The molecule has 0 spiro atoms. The lowest BCUT2D eigenvalue weighted by atomic mass is 10.1. The highest BCUT2D eigenvalue weighted by Gasteiger charge is 2.34. The maximum Gasteiger partial charge on any atom is 0.406 e. The van der Waals surface area contributed by atoms with Crippen molar-refractivity contribution in [1.82, 2.24) is 4.90 Å². The van der Waals surface area contributed by atoms with E-state index in [4.69, 9.17) is 5.11 Å². The zero-order valence-corrected chi connectivity index (χ0v) is 10.4. The van der Waals surface area contributed by atoms with Gasteiger partial charge >= 0.3 is 12.1 Å². The minimum Gasteiger partial charge on any atom is -0.508 e. The van der Waals surface area contributed by atoms with Crippen LogP contribution in [0.5, 0.6) is 5.75 Å². The molecular weight excluding hydrogens is 279 g/mol. The number of aliphatic carboxylic acids is 1. The third kappa shape index (κ3) is 4.45. The van der Waals surface area contributed by atoms with Crippen LogP contribution in [-0.2, 0) is 4.79 Å². The van der Waals surface area contributed by atoms with Crippen LogP contribution in [0.2, 0.25) is 0 Å². The molecule has 0 aliphatic rings. The number of amides is 1. The van der Waals surface area contributed by atoms with Gasteiger partial charge in [0.25, 0.3) is 5.91 Å². The van der Waals surface area contributed by atoms with Crippen LogP contribution in [0, 0.1) is 6.92 Å². The van der Waals surface area contributed by atoms with Crippen molar-refractivity contribution >= 4 is 11.9 Å². The van der Waals surface area contributed by atoms with Crippen molar-refractivity contribution in [3.8, 4) is 5.75 Å². The quantitative estimate of drug-likeness (QED) is 0.886. The number of hydrogen-bond donors (Lipinski definition) is 2. The molecule has 1 amide bonds. The molecule has 0 aromatic heterocycles. The predicted octanol–water partition coefficient (Wildman–Crippen LogP) is 1.79. The van der Waals surface area contributed by atoms with Gasteiger partial charge < -0.3 is 15.1 Å². The van der Waals surface area contributed by atoms with E-state index in [-0.39, 0.29) is 16.2 Å². The van der Waals surface area contributed by atoms with Crippen molar-refractivity contribution in [2.24, 2.45) is 0 Å². The average Bonchev–Trinajstić information content (AvgIpc) is 2.28. The Kier molecular flexibility index (Phi) is 4.59. The van der Waals surface area contributed by atoms with E-state index >= 15 is 0 Å². The first kappa shape index (κ1) is 15.8. The van der Waals surface area contributed by atoms with Crippen molar-refractivity contribution in [1.29, 1.82) is 0 Å². The van der Waals surface area contributed by atoms with Crippen LogP contribution in [0.25, 0.3) is 0 Å². The number of carbonyl (C=O) groups is 2. The first-order chi connectivity index (χ1) is 9.10. The summed E-state index contributed by atoms with van der Waals surface area (Å²) in [5, 5.41) is 18.0. The Hall–Kier alpha value is -2.25. The van der Waals surface area contributed by atoms with Gasteiger partial charge in [0.1, 0.15) is 18.8 Å². The standard InChI is InChI=1S/C12H12F3NO4/c1-7-2-3-8(4-9(7)17)11(20)16(5-10(18)19)6-12(13,14)15/h2-4,17H,5-6H2,1H3,(H,18,19). The topological polar surface area (TPSA) is 77.8 Å². The van der Waals surface area contributed by atoms with Gasteiger partial charge in [-0.3, -0.25) is 9.59 Å². The molecule has 8 heteroatoms. The number of phenols is 1. The number of carboxylic acids is 1. The summed E-state index contributed by atoms with van der Waals surface area (Å²) in [6, 6.07) is 3.58. The monoisotopic (exact) mass is 291 g/mol. The summed E-state index contributed by atoms with van der Waals surface area (Å²) in [6.07, 6.45) is -4.71. The molecule has 0 aliphatic heterocycles. The second-order valence-electron chi connectivity index (χ2n) is 4.17. The number of phenolic OH excluding ortho intramolecular Hbond substituents is 1. The number of carboxylic acid groups (broad SMARTS) is 1. The molecule has 20 heavy (non-hydrogen) atoms. The molecule has 2 N–H and O–H groups in total. The van der Waals surface area contributed by atoms with Crippen LogP contribution in [0.4, 0.5) is 13.2 Å². The number of carbonyl (C=O) groups excluding carboxylic acids is 1. The molecule has 5 nitrogen and oxygen atoms in total. The first-order valence-electron chi connectivity index (χ1n) is 5.47. The first-order valence-corrected chi connectivity index (χ1v) is 5.47. The van der Waals surface area contributed by atoms with E-state index < -0.39 is 31.1 Å². The summed E-state index contributed by atoms with van der Waals surface area (Å²) in [5.41, 5.74) is 0.237. The molecule has 0 heterocycles. The van der Waals surface area contributed by atoms with E-state index in [0.29, 0.717) is 5.56 Å². The number of aryl methyl sites for hydroxylation is 1. The van der Waals surface area contributed by atoms with Crippen LogP contribution >= 0.6 is 0 Å². The molecule has 0 fully saturated rings. The molecule has 1 rings (SSSR count). The van der Waals surface area contributed by atoms with E-state index in [9.17, 15) is 27.9 Å². The zero-order valence-electron chi connectivity index (χ0n) is 10.4. The molecule has 0 unspecified atom stereocenters. The van der Waals surface area contributed by atoms with E-state index in [1.54, 1.807) is 6.92 Å². The fourth-order valence-corrected chi connectivity index (χ4v) is 1.50. The maximum absolute atomic E-state index is 12.3. The van der Waals surface area contributed by atoms with E-state index in [1.807, 2.05) is 0 Å². The fourth-order valence-electron chi connectivity index (χ4n) is 1.50. The van der Waals surface area contributed by atoms with E-state index in [2.05, 4.69) is 0 Å². The van der Waals surface area contributed by atoms with Gasteiger partial charge in [-0.05, 0) is 24.6 Å². The summed E-state index contributed by atoms with van der Waals surface area (Å²) in [5.74, 6) is -2.92. The number of alkyl halides is 3. The molecule has 1 aromatic carbocycles. The molecule has 110 valence electrons. The van der Waals surface area contributed by atoms with Crippen molar-refractivity contribution in [3.63, 3.8) is 0 Å². The molecule has 0 bridgehead atoms. The lowest BCUT2D eigenvalue weighted by Gasteiger charge is -2.22. The Morgan fingerprint density at radius 3 is 2.35 bits per heavy atom. The minimum absolute atomic E-state index is 0.159. The van der Waals surface area contributed by atoms with Crippen LogP contribution in [-0.4, -0.2) is 46.3 Å². The zero-order chi connectivity index (χ0) is 15.5. The summed E-state index contributed by atoms with van der Waals surface area (Å²) in [6.45, 7) is -1.20. The number of nitrogens with zero attached hydrogens (tertiary/aromatic N) is 1. The van der Waals surface area contributed by atoms with E-state index in [0.717, 1.165) is 6.07 Å². The highest BCUT2D eigenvalue weighted by molar-refractivity contribution is 5.96. The van der Waals surface area contributed by atoms with Crippen molar-refractivity contribution in [2.75, 3.05) is 13.1 Å². The van der Waals surface area contributed by atoms with Crippen LogP contribution in [0.3, 0.4) is 0 Å². The minimum atomic E-state index is -4.71. The van der Waals surface area contributed by atoms with Gasteiger partial charge in [-0.15, -0.1) is 0 Å². The summed E-state index contributed by atoms with van der Waals surface area (Å²) < 4.78 is 37.0. The Morgan fingerprint density at radius 1 is 1.30 bits per heavy atom. The lowest BCUT2D eigenvalue weighted by Crippen LogP contribution is -2.42. The lowest BCUT2D eigenvalue weighted by molar-refractivity contribution is -0.149. The summed E-state index contributed by atoms with van der Waals surface area (Å²) >= 11 is 0. The number of rotatable bonds is 4. The summed E-state index contributed by atoms with van der Waals surface area (Å²) in [4.78, 5) is 22.6. The van der Waals surface area contributed by atoms with Crippen molar-refractivity contribution < 1.29 is 33.0 Å². The van der Waals surface area contributed by atoms with Gasteiger partial charge in [-0.1, -0.05) is 6.07 Å². The third-order valence-electron chi connectivity index (χ3n) is 2.44. The molecule has 0 saturated heterocycles. The third-order valence-corrected chi connectivity index (χ3v) is 2.44. The average molecular weight is 291 g/mol. The molecule has 0 aliphatic carbocycles. The molecule has 1 aromatic rings. The number of benzene rings is 1. The Bertz CT molecular complexity index is 528. The highest BCUT2D eigenvalue weighted by Crippen LogP contribution is 2.21. The van der Waals surface area contributed by atoms with Crippen LogP contribution in [0.15, 0.2) is 18.2 Å². The molecule has 0 atom stereocenters. The second-order valence-corrected chi connectivity index (χ2v) is 4.17. The smallest absolute Gasteiger partial charge is 0.406 e. The Labute approximate surface area is 112 Å². The molecule has 0 saturated carbocycles. The van der Waals surface area contributed by atoms with Gasteiger partial charge in [-0.2, -0.15) is 13.2 Å².